The van der Waals surface area contributed by atoms with Crippen LogP contribution in [0.25, 0.3) is 0 Å². The van der Waals surface area contributed by atoms with E-state index in [4.69, 9.17) is 4.42 Å². The van der Waals surface area contributed by atoms with Crippen LogP contribution in [-0.2, 0) is 12.8 Å². The van der Waals surface area contributed by atoms with Gasteiger partial charge in [-0.3, -0.25) is 0 Å². The predicted octanol–water partition coefficient (Wildman–Crippen LogP) is 4.23. The molecular formula is C14H22O. The van der Waals surface area contributed by atoms with E-state index < -0.39 is 0 Å². The molecule has 0 saturated heterocycles. The molecule has 0 aliphatic heterocycles. The van der Waals surface area contributed by atoms with Crippen molar-refractivity contribution < 1.29 is 4.42 Å². The summed E-state index contributed by atoms with van der Waals surface area (Å²) >= 11 is 0. The van der Waals surface area contributed by atoms with Crippen LogP contribution < -0.4 is 0 Å². The maximum atomic E-state index is 5.92. The van der Waals surface area contributed by atoms with E-state index in [2.05, 4.69) is 34.6 Å². The van der Waals surface area contributed by atoms with E-state index in [1.54, 1.807) is 0 Å². The van der Waals surface area contributed by atoms with Crippen LogP contribution >= 0.6 is 0 Å². The lowest BCUT2D eigenvalue weighted by molar-refractivity contribution is 0.315. The molecule has 0 radical (unpaired) electrons. The van der Waals surface area contributed by atoms with Gasteiger partial charge in [0.15, 0.2) is 0 Å². The van der Waals surface area contributed by atoms with Gasteiger partial charge in [-0.05, 0) is 42.7 Å². The van der Waals surface area contributed by atoms with Gasteiger partial charge in [0.25, 0.3) is 0 Å². The van der Waals surface area contributed by atoms with Gasteiger partial charge in [0, 0.05) is 5.92 Å². The van der Waals surface area contributed by atoms with Gasteiger partial charge in [0.1, 0.15) is 11.5 Å². The summed E-state index contributed by atoms with van der Waals surface area (Å²) in [7, 11) is 0. The Kier molecular flexibility index (Phi) is 2.44. The quantitative estimate of drug-likeness (QED) is 0.670. The highest BCUT2D eigenvalue weighted by atomic mass is 16.3. The first kappa shape index (κ1) is 10.8. The molecular weight excluding hydrogens is 184 g/mol. The Balaban J connectivity index is 2.44. The van der Waals surface area contributed by atoms with Crippen molar-refractivity contribution in [3.63, 3.8) is 0 Å². The lowest BCUT2D eigenvalue weighted by atomic mass is 9.74. The minimum absolute atomic E-state index is 0.454. The summed E-state index contributed by atoms with van der Waals surface area (Å²) in [4.78, 5) is 0. The third-order valence-electron chi connectivity index (χ3n) is 3.58. The molecule has 1 heterocycles. The Bertz CT molecular complexity index is 369. The normalized spacial score (nSPS) is 19.3. The molecule has 1 nitrogen and oxygen atoms in total. The fourth-order valence-electron chi connectivity index (χ4n) is 2.65. The van der Waals surface area contributed by atoms with Crippen molar-refractivity contribution in [1.29, 1.82) is 0 Å². The number of fused-ring (bicyclic) bond motifs is 1. The molecule has 15 heavy (non-hydrogen) atoms. The van der Waals surface area contributed by atoms with Crippen molar-refractivity contribution in [3.05, 3.63) is 22.6 Å². The Morgan fingerprint density at radius 1 is 1.20 bits per heavy atom. The zero-order chi connectivity index (χ0) is 11.2. The molecule has 1 heteroatoms. The molecule has 0 unspecified atom stereocenters. The number of hydrogen-bond donors (Lipinski definition) is 0. The number of hydrogen-bond acceptors (Lipinski definition) is 1. The summed E-state index contributed by atoms with van der Waals surface area (Å²) in [5.74, 6) is 2.91. The second kappa shape index (κ2) is 3.40. The molecule has 84 valence electrons. The van der Waals surface area contributed by atoms with E-state index in [1.807, 2.05) is 0 Å². The monoisotopic (exact) mass is 206 g/mol. The second-order valence-corrected chi connectivity index (χ2v) is 5.98. The van der Waals surface area contributed by atoms with E-state index in [0.29, 0.717) is 11.3 Å². The van der Waals surface area contributed by atoms with Crippen LogP contribution in [0.5, 0.6) is 0 Å². The van der Waals surface area contributed by atoms with Gasteiger partial charge in [0.2, 0.25) is 0 Å². The molecule has 0 amide bonds. The first-order valence-corrected chi connectivity index (χ1v) is 6.02. The second-order valence-electron chi connectivity index (χ2n) is 5.98. The highest BCUT2D eigenvalue weighted by Crippen LogP contribution is 2.40. The fourth-order valence-corrected chi connectivity index (χ4v) is 2.65. The van der Waals surface area contributed by atoms with E-state index >= 15 is 0 Å². The molecule has 0 spiro atoms. The molecule has 1 aromatic rings. The van der Waals surface area contributed by atoms with Crippen molar-refractivity contribution in [2.45, 2.75) is 59.8 Å². The van der Waals surface area contributed by atoms with Crippen LogP contribution in [-0.4, -0.2) is 0 Å². The third kappa shape index (κ3) is 1.84. The molecule has 1 aliphatic carbocycles. The van der Waals surface area contributed by atoms with Gasteiger partial charge in [0.05, 0.1) is 0 Å². The largest absolute Gasteiger partial charge is 0.466 e. The van der Waals surface area contributed by atoms with E-state index in [9.17, 15) is 0 Å². The van der Waals surface area contributed by atoms with Crippen molar-refractivity contribution >= 4 is 0 Å². The Morgan fingerprint density at radius 2 is 1.87 bits per heavy atom. The van der Waals surface area contributed by atoms with Gasteiger partial charge in [-0.1, -0.05) is 27.7 Å². The smallest absolute Gasteiger partial charge is 0.110 e. The van der Waals surface area contributed by atoms with Gasteiger partial charge in [-0.15, -0.1) is 0 Å². The third-order valence-corrected chi connectivity index (χ3v) is 3.58. The van der Waals surface area contributed by atoms with Gasteiger partial charge < -0.3 is 4.42 Å². The summed E-state index contributed by atoms with van der Waals surface area (Å²) in [6.07, 6.45) is 3.68. The fraction of sp³-hybridized carbons (Fsp3) is 0.714. The van der Waals surface area contributed by atoms with Crippen LogP contribution in [0.4, 0.5) is 0 Å². The van der Waals surface area contributed by atoms with Crippen molar-refractivity contribution in [1.82, 2.24) is 0 Å². The Labute approximate surface area is 92.9 Å². The molecule has 1 aromatic heterocycles. The topological polar surface area (TPSA) is 13.1 Å². The summed E-state index contributed by atoms with van der Waals surface area (Å²) in [6, 6.07) is 0. The molecule has 0 saturated carbocycles. The van der Waals surface area contributed by atoms with Crippen molar-refractivity contribution in [2.75, 3.05) is 0 Å². The number of rotatable bonds is 1. The van der Waals surface area contributed by atoms with Crippen LogP contribution in [0.3, 0.4) is 0 Å². The Morgan fingerprint density at radius 3 is 2.47 bits per heavy atom. The first-order chi connectivity index (χ1) is 6.91. The summed E-state index contributed by atoms with van der Waals surface area (Å²) < 4.78 is 5.92. The average molecular weight is 206 g/mol. The molecule has 0 N–H and O–H groups in total. The lowest BCUT2D eigenvalue weighted by Crippen LogP contribution is -2.22. The van der Waals surface area contributed by atoms with E-state index in [-0.39, 0.29) is 0 Å². The minimum atomic E-state index is 0.454. The molecule has 2 rings (SSSR count). The first-order valence-electron chi connectivity index (χ1n) is 6.02. The maximum Gasteiger partial charge on any atom is 0.110 e. The molecule has 0 bridgehead atoms. The van der Waals surface area contributed by atoms with E-state index in [0.717, 1.165) is 5.76 Å². The number of furan rings is 1. The highest BCUT2D eigenvalue weighted by molar-refractivity contribution is 5.37. The highest BCUT2D eigenvalue weighted by Gasteiger charge is 2.31. The lowest BCUT2D eigenvalue weighted by Gasteiger charge is -2.29. The van der Waals surface area contributed by atoms with Crippen LogP contribution in [0.2, 0.25) is 0 Å². The van der Waals surface area contributed by atoms with Gasteiger partial charge in [-0.2, -0.15) is 0 Å². The SMILES string of the molecule is Cc1oc(C(C)C)c2c1CC(C)(C)CC2. The molecule has 0 atom stereocenters. The molecule has 1 aliphatic rings. The summed E-state index contributed by atoms with van der Waals surface area (Å²) in [5, 5.41) is 0. The summed E-state index contributed by atoms with van der Waals surface area (Å²) in [5.41, 5.74) is 3.47. The standard InChI is InChI=1S/C14H22O/c1-9(2)13-11-6-7-14(4,5)8-12(11)10(3)15-13/h9H,6-8H2,1-5H3. The zero-order valence-corrected chi connectivity index (χ0v) is 10.6. The minimum Gasteiger partial charge on any atom is -0.466 e. The van der Waals surface area contributed by atoms with Crippen LogP contribution in [0.1, 0.15) is 62.7 Å². The van der Waals surface area contributed by atoms with Gasteiger partial charge in [-0.25, -0.2) is 0 Å². The maximum absolute atomic E-state index is 5.92. The van der Waals surface area contributed by atoms with E-state index in [1.165, 1.54) is 36.1 Å². The summed E-state index contributed by atoms with van der Waals surface area (Å²) in [6.45, 7) is 11.3. The Hall–Kier alpha value is -0.720. The molecule has 0 aromatic carbocycles. The van der Waals surface area contributed by atoms with Gasteiger partial charge >= 0.3 is 0 Å². The molecule has 0 fully saturated rings. The average Bonchev–Trinajstić information content (AvgIpc) is 2.42. The van der Waals surface area contributed by atoms with Crippen LogP contribution in [0, 0.1) is 12.3 Å². The number of aryl methyl sites for hydroxylation is 1. The predicted molar refractivity (Wildman–Crippen MR) is 63.3 cm³/mol. The van der Waals surface area contributed by atoms with Crippen LogP contribution in [0.15, 0.2) is 4.42 Å². The van der Waals surface area contributed by atoms with Crippen molar-refractivity contribution in [3.8, 4) is 0 Å². The van der Waals surface area contributed by atoms with Crippen molar-refractivity contribution in [2.24, 2.45) is 5.41 Å². The zero-order valence-electron chi connectivity index (χ0n) is 10.6.